The van der Waals surface area contributed by atoms with Crippen molar-refractivity contribution in [1.29, 1.82) is 0 Å². The molecular formula is C31H29N3O9S. The molecule has 2 aromatic carbocycles. The lowest BCUT2D eigenvalue weighted by atomic mass is 9.95. The number of hydrogen-bond acceptors (Lipinski definition) is 11. The van der Waals surface area contributed by atoms with E-state index in [-0.39, 0.29) is 29.2 Å². The summed E-state index contributed by atoms with van der Waals surface area (Å²) >= 11 is 1.15. The number of fused-ring (bicyclic) bond motifs is 1. The number of rotatable bonds is 10. The van der Waals surface area contributed by atoms with Gasteiger partial charge in [0.25, 0.3) is 11.2 Å². The number of nitro groups is 1. The first kappa shape index (κ1) is 30.3. The molecule has 0 saturated heterocycles. The fourth-order valence-corrected chi connectivity index (χ4v) is 5.97. The van der Waals surface area contributed by atoms with E-state index in [1.807, 2.05) is 6.92 Å². The molecule has 44 heavy (non-hydrogen) atoms. The third-order valence-electron chi connectivity index (χ3n) is 6.88. The fourth-order valence-electron chi connectivity index (χ4n) is 4.94. The van der Waals surface area contributed by atoms with Crippen LogP contribution in [0.15, 0.2) is 74.0 Å². The van der Waals surface area contributed by atoms with Crippen LogP contribution in [-0.4, -0.2) is 42.9 Å². The molecule has 1 unspecified atom stereocenters. The Morgan fingerprint density at radius 3 is 2.52 bits per heavy atom. The summed E-state index contributed by atoms with van der Waals surface area (Å²) in [4.78, 5) is 42.9. The Morgan fingerprint density at radius 1 is 1.07 bits per heavy atom. The lowest BCUT2D eigenvalue weighted by Crippen LogP contribution is -2.39. The number of esters is 1. The van der Waals surface area contributed by atoms with Crippen LogP contribution in [0.3, 0.4) is 0 Å². The van der Waals surface area contributed by atoms with Gasteiger partial charge in [-0.15, -0.1) is 0 Å². The van der Waals surface area contributed by atoms with Crippen molar-refractivity contribution < 1.29 is 33.1 Å². The number of allylic oxidation sites excluding steroid dienone is 1. The molecule has 0 spiro atoms. The van der Waals surface area contributed by atoms with E-state index < -0.39 is 16.9 Å². The molecule has 228 valence electrons. The molecule has 0 fully saturated rings. The summed E-state index contributed by atoms with van der Waals surface area (Å²) < 4.78 is 29.7. The summed E-state index contributed by atoms with van der Waals surface area (Å²) in [5.74, 6) is 1.45. The van der Waals surface area contributed by atoms with Crippen molar-refractivity contribution in [1.82, 2.24) is 4.57 Å². The Bertz CT molecular complexity index is 1970. The fraction of sp³-hybridized carbons (Fsp3) is 0.258. The summed E-state index contributed by atoms with van der Waals surface area (Å²) in [7, 11) is 2.95. The van der Waals surface area contributed by atoms with Crippen molar-refractivity contribution in [3.63, 3.8) is 0 Å². The van der Waals surface area contributed by atoms with Crippen molar-refractivity contribution in [3.05, 3.63) is 101 Å². The van der Waals surface area contributed by atoms with Crippen molar-refractivity contribution in [2.75, 3.05) is 27.4 Å². The first-order valence-electron chi connectivity index (χ1n) is 13.6. The van der Waals surface area contributed by atoms with Crippen LogP contribution < -0.4 is 29.1 Å². The maximum atomic E-state index is 14.0. The first-order valence-corrected chi connectivity index (χ1v) is 14.4. The van der Waals surface area contributed by atoms with Crippen molar-refractivity contribution >= 4 is 29.1 Å². The molecule has 2 aromatic heterocycles. The second kappa shape index (κ2) is 12.6. The van der Waals surface area contributed by atoms with Crippen LogP contribution in [0.4, 0.5) is 5.69 Å². The number of ether oxygens (including phenoxy) is 4. The summed E-state index contributed by atoms with van der Waals surface area (Å²) in [6.07, 6.45) is 1.59. The van der Waals surface area contributed by atoms with Crippen LogP contribution in [-0.2, 0) is 9.53 Å². The Hall–Kier alpha value is -5.17. The van der Waals surface area contributed by atoms with Crippen LogP contribution in [0.1, 0.15) is 38.1 Å². The number of non-ortho nitro benzene ring substituents is 1. The quantitative estimate of drug-likeness (QED) is 0.143. The van der Waals surface area contributed by atoms with E-state index in [1.165, 1.54) is 30.9 Å². The standard InChI is InChI=1S/C31H29N3O9S/c1-6-41-25-14-18(8-12-23(25)39-4)28-27(30(36)42-7-2)17(3)32-31-33(28)29(35)26(44-31)16-20-10-13-22(43-20)21-11-9-19(34(37)38)15-24(21)40-5/h8-16,28H,6-7H2,1-5H3/b26-16-. The van der Waals surface area contributed by atoms with Gasteiger partial charge >= 0.3 is 5.97 Å². The Labute approximate surface area is 255 Å². The van der Waals surface area contributed by atoms with Gasteiger partial charge < -0.3 is 23.4 Å². The smallest absolute Gasteiger partial charge is 0.338 e. The Balaban J connectivity index is 1.63. The van der Waals surface area contributed by atoms with Crippen molar-refractivity contribution in [2.24, 2.45) is 4.99 Å². The van der Waals surface area contributed by atoms with E-state index >= 15 is 0 Å². The molecule has 1 atom stereocenters. The number of nitro benzene ring substituents is 1. The number of thiazole rings is 1. The summed E-state index contributed by atoms with van der Waals surface area (Å²) in [5, 5.41) is 11.2. The maximum Gasteiger partial charge on any atom is 0.338 e. The molecule has 0 amide bonds. The molecule has 12 nitrogen and oxygen atoms in total. The number of carbonyl (C=O) groups is 1. The van der Waals surface area contributed by atoms with Gasteiger partial charge in [-0.05, 0) is 56.7 Å². The van der Waals surface area contributed by atoms with Crippen LogP contribution in [0.25, 0.3) is 17.4 Å². The van der Waals surface area contributed by atoms with Crippen LogP contribution >= 0.6 is 11.3 Å². The predicted octanol–water partition coefficient (Wildman–Crippen LogP) is 4.38. The van der Waals surface area contributed by atoms with Crippen molar-refractivity contribution in [2.45, 2.75) is 26.8 Å². The maximum absolute atomic E-state index is 14.0. The normalized spacial score (nSPS) is 14.6. The molecule has 0 saturated carbocycles. The van der Waals surface area contributed by atoms with Gasteiger partial charge in [-0.3, -0.25) is 19.5 Å². The molecule has 0 N–H and O–H groups in total. The van der Waals surface area contributed by atoms with E-state index in [1.54, 1.807) is 56.3 Å². The first-order chi connectivity index (χ1) is 21.2. The number of nitrogens with zero attached hydrogens (tertiary/aromatic N) is 3. The van der Waals surface area contributed by atoms with Gasteiger partial charge in [0.15, 0.2) is 16.3 Å². The van der Waals surface area contributed by atoms with Gasteiger partial charge in [0.1, 0.15) is 17.3 Å². The molecule has 1 aliphatic heterocycles. The highest BCUT2D eigenvalue weighted by atomic mass is 32.1. The lowest BCUT2D eigenvalue weighted by Gasteiger charge is -2.25. The molecule has 5 rings (SSSR count). The number of carbonyl (C=O) groups excluding carboxylic acids is 1. The number of aromatic nitrogens is 1. The zero-order valence-electron chi connectivity index (χ0n) is 24.6. The highest BCUT2D eigenvalue weighted by Gasteiger charge is 2.34. The number of furan rings is 1. The zero-order valence-corrected chi connectivity index (χ0v) is 25.4. The molecule has 4 aromatic rings. The average molecular weight is 620 g/mol. The van der Waals surface area contributed by atoms with Gasteiger partial charge in [-0.1, -0.05) is 17.4 Å². The summed E-state index contributed by atoms with van der Waals surface area (Å²) in [6, 6.07) is 12.0. The minimum absolute atomic E-state index is 0.115. The minimum atomic E-state index is -0.839. The molecule has 0 aliphatic carbocycles. The Morgan fingerprint density at radius 2 is 1.84 bits per heavy atom. The second-order valence-corrected chi connectivity index (χ2v) is 10.5. The van der Waals surface area contributed by atoms with E-state index in [4.69, 9.17) is 23.4 Å². The third kappa shape index (κ3) is 5.61. The van der Waals surface area contributed by atoms with E-state index in [0.29, 0.717) is 55.8 Å². The predicted molar refractivity (Wildman–Crippen MR) is 162 cm³/mol. The topological polar surface area (TPSA) is 145 Å². The van der Waals surface area contributed by atoms with Gasteiger partial charge in [0.05, 0.1) is 65.8 Å². The SMILES string of the molecule is CCOC(=O)C1=C(C)N=c2s/c(=C\c3ccc(-c4ccc([N+](=O)[O-])cc4OC)o3)c(=O)n2C1c1ccc(OC)c(OCC)c1. The van der Waals surface area contributed by atoms with Crippen molar-refractivity contribution in [3.8, 4) is 28.6 Å². The molecule has 0 bridgehead atoms. The lowest BCUT2D eigenvalue weighted by molar-refractivity contribution is -0.384. The summed E-state index contributed by atoms with van der Waals surface area (Å²) in [6.45, 7) is 5.81. The number of methoxy groups -OCH3 is 2. The molecular weight excluding hydrogens is 590 g/mol. The van der Waals surface area contributed by atoms with E-state index in [2.05, 4.69) is 4.99 Å². The molecule has 3 heterocycles. The minimum Gasteiger partial charge on any atom is -0.496 e. The van der Waals surface area contributed by atoms with Gasteiger partial charge in [-0.2, -0.15) is 0 Å². The van der Waals surface area contributed by atoms with Crippen LogP contribution in [0.5, 0.6) is 17.2 Å². The number of benzene rings is 2. The van der Waals surface area contributed by atoms with E-state index in [0.717, 1.165) is 11.3 Å². The summed E-state index contributed by atoms with van der Waals surface area (Å²) in [5.41, 5.74) is 1.30. The average Bonchev–Trinajstić information content (AvgIpc) is 3.60. The van der Waals surface area contributed by atoms with E-state index in [9.17, 15) is 19.7 Å². The van der Waals surface area contributed by atoms with Crippen LogP contribution in [0.2, 0.25) is 0 Å². The highest BCUT2D eigenvalue weighted by molar-refractivity contribution is 7.07. The second-order valence-electron chi connectivity index (χ2n) is 9.49. The molecule has 1 aliphatic rings. The van der Waals surface area contributed by atoms with Gasteiger partial charge in [0.2, 0.25) is 0 Å². The monoisotopic (exact) mass is 619 g/mol. The largest absolute Gasteiger partial charge is 0.496 e. The third-order valence-corrected chi connectivity index (χ3v) is 7.86. The van der Waals surface area contributed by atoms with Gasteiger partial charge in [0, 0.05) is 12.1 Å². The Kier molecular flexibility index (Phi) is 8.67. The molecule has 0 radical (unpaired) electrons. The number of hydrogen-bond donors (Lipinski definition) is 0. The van der Waals surface area contributed by atoms with Gasteiger partial charge in [-0.25, -0.2) is 9.79 Å². The molecule has 13 heteroatoms. The zero-order chi connectivity index (χ0) is 31.5. The highest BCUT2D eigenvalue weighted by Crippen LogP contribution is 2.37. The van der Waals surface area contributed by atoms with Crippen LogP contribution in [0, 0.1) is 10.1 Å².